The van der Waals surface area contributed by atoms with Crippen LogP contribution in [-0.4, -0.2) is 19.2 Å². The van der Waals surface area contributed by atoms with E-state index in [0.717, 1.165) is 10.9 Å². The van der Waals surface area contributed by atoms with Crippen molar-refractivity contribution in [2.24, 2.45) is 0 Å². The van der Waals surface area contributed by atoms with Gasteiger partial charge in [-0.05, 0) is 24.1 Å². The van der Waals surface area contributed by atoms with Crippen molar-refractivity contribution in [3.63, 3.8) is 0 Å². The van der Waals surface area contributed by atoms with Gasteiger partial charge in [0.1, 0.15) is 5.75 Å². The highest BCUT2D eigenvalue weighted by Crippen LogP contribution is 2.18. The molecule has 1 unspecified atom stereocenters. The van der Waals surface area contributed by atoms with Gasteiger partial charge in [0.2, 0.25) is 0 Å². The van der Waals surface area contributed by atoms with E-state index in [9.17, 15) is 4.79 Å². The van der Waals surface area contributed by atoms with Crippen LogP contribution in [0.5, 0.6) is 5.75 Å². The number of methoxy groups -OCH3 is 1. The van der Waals surface area contributed by atoms with Gasteiger partial charge in [-0.3, -0.25) is 0 Å². The number of hydrogen-bond acceptors (Lipinski definition) is 3. The predicted molar refractivity (Wildman–Crippen MR) is 65.8 cm³/mol. The van der Waals surface area contributed by atoms with Crippen molar-refractivity contribution in [2.75, 3.05) is 7.11 Å². The van der Waals surface area contributed by atoms with E-state index in [0.29, 0.717) is 12.2 Å². The van der Waals surface area contributed by atoms with Crippen LogP contribution in [0.3, 0.4) is 0 Å². The molecule has 0 amide bonds. The second-order valence-corrected chi connectivity index (χ2v) is 3.88. The summed E-state index contributed by atoms with van der Waals surface area (Å²) in [6, 6.07) is 7.62. The van der Waals surface area contributed by atoms with E-state index in [-0.39, 0.29) is 5.97 Å². The molecule has 1 aromatic carbocycles. The third-order valence-electron chi connectivity index (χ3n) is 2.17. The summed E-state index contributed by atoms with van der Waals surface area (Å²) in [6.07, 6.45) is 0.0566. The third-order valence-corrected chi connectivity index (χ3v) is 2.81. The molecule has 0 N–H and O–H groups in total. The fourth-order valence-electron chi connectivity index (χ4n) is 1.30. The molecule has 0 saturated carbocycles. The summed E-state index contributed by atoms with van der Waals surface area (Å²) in [4.78, 5) is 11.3. The molecule has 0 aliphatic heterocycles. The molecule has 0 aliphatic carbocycles. The summed E-state index contributed by atoms with van der Waals surface area (Å²) in [7, 11) is 1.36. The molecule has 1 aromatic rings. The minimum atomic E-state index is -0.532. The summed E-state index contributed by atoms with van der Waals surface area (Å²) in [5.74, 6) is 0.348. The fourth-order valence-corrected chi connectivity index (χ4v) is 1.64. The van der Waals surface area contributed by atoms with Gasteiger partial charge in [0, 0.05) is 5.33 Å². The number of halogens is 1. The molecular formula is C12H15BrO3. The molecule has 88 valence electrons. The Labute approximate surface area is 104 Å². The van der Waals surface area contributed by atoms with Crippen LogP contribution >= 0.6 is 15.9 Å². The van der Waals surface area contributed by atoms with Gasteiger partial charge in [-0.1, -0.05) is 35.0 Å². The van der Waals surface area contributed by atoms with E-state index in [1.165, 1.54) is 7.11 Å². The third kappa shape index (κ3) is 3.52. The smallest absolute Gasteiger partial charge is 0.347 e. The summed E-state index contributed by atoms with van der Waals surface area (Å²) < 4.78 is 10.2. The highest BCUT2D eigenvalue weighted by molar-refractivity contribution is 9.08. The van der Waals surface area contributed by atoms with Gasteiger partial charge in [0.05, 0.1) is 7.11 Å². The van der Waals surface area contributed by atoms with Crippen LogP contribution in [0.2, 0.25) is 0 Å². The summed E-state index contributed by atoms with van der Waals surface area (Å²) in [6.45, 7) is 1.88. The molecule has 0 saturated heterocycles. The number of carbonyl (C=O) groups excluding carboxylic acids is 1. The second kappa shape index (κ2) is 6.53. The first-order valence-corrected chi connectivity index (χ1v) is 6.22. The van der Waals surface area contributed by atoms with Crippen molar-refractivity contribution in [1.29, 1.82) is 0 Å². The number of hydrogen-bond donors (Lipinski definition) is 0. The maximum absolute atomic E-state index is 11.3. The normalized spacial score (nSPS) is 11.9. The number of alkyl halides is 1. The van der Waals surface area contributed by atoms with Gasteiger partial charge in [-0.2, -0.15) is 0 Å². The van der Waals surface area contributed by atoms with Crippen LogP contribution in [0.1, 0.15) is 18.9 Å². The van der Waals surface area contributed by atoms with Crippen LogP contribution in [0.15, 0.2) is 24.3 Å². The van der Waals surface area contributed by atoms with Gasteiger partial charge in [-0.15, -0.1) is 0 Å². The molecular weight excluding hydrogens is 272 g/mol. The highest BCUT2D eigenvalue weighted by atomic mass is 79.9. The van der Waals surface area contributed by atoms with Crippen molar-refractivity contribution in [1.82, 2.24) is 0 Å². The van der Waals surface area contributed by atoms with E-state index in [4.69, 9.17) is 4.74 Å². The van der Waals surface area contributed by atoms with Crippen LogP contribution < -0.4 is 4.74 Å². The molecule has 0 bridgehead atoms. The van der Waals surface area contributed by atoms with Crippen LogP contribution in [0.4, 0.5) is 0 Å². The summed E-state index contributed by atoms with van der Waals surface area (Å²) in [5.41, 5.74) is 1.11. The lowest BCUT2D eigenvalue weighted by molar-refractivity contribution is -0.148. The maximum Gasteiger partial charge on any atom is 0.347 e. The number of ether oxygens (including phenoxy) is 2. The largest absolute Gasteiger partial charge is 0.479 e. The molecule has 4 heteroatoms. The van der Waals surface area contributed by atoms with Crippen molar-refractivity contribution < 1.29 is 14.3 Å². The molecule has 0 fully saturated rings. The maximum atomic E-state index is 11.3. The minimum Gasteiger partial charge on any atom is -0.479 e. The zero-order chi connectivity index (χ0) is 12.0. The molecule has 0 aromatic heterocycles. The van der Waals surface area contributed by atoms with Crippen LogP contribution in [0.25, 0.3) is 0 Å². The van der Waals surface area contributed by atoms with Crippen molar-refractivity contribution in [2.45, 2.75) is 24.8 Å². The van der Waals surface area contributed by atoms with Crippen molar-refractivity contribution >= 4 is 21.9 Å². The van der Waals surface area contributed by atoms with E-state index in [1.54, 1.807) is 0 Å². The zero-order valence-corrected chi connectivity index (χ0v) is 11.0. The van der Waals surface area contributed by atoms with Crippen molar-refractivity contribution in [3.05, 3.63) is 29.8 Å². The Morgan fingerprint density at radius 3 is 2.81 bits per heavy atom. The quantitative estimate of drug-likeness (QED) is 0.617. The minimum absolute atomic E-state index is 0.341. The lowest BCUT2D eigenvalue weighted by Gasteiger charge is -2.15. The monoisotopic (exact) mass is 286 g/mol. The van der Waals surface area contributed by atoms with E-state index in [2.05, 4.69) is 20.7 Å². The Hall–Kier alpha value is -1.03. The predicted octanol–water partition coefficient (Wildman–Crippen LogP) is 2.91. The van der Waals surface area contributed by atoms with Gasteiger partial charge < -0.3 is 9.47 Å². The van der Waals surface area contributed by atoms with Crippen LogP contribution in [-0.2, 0) is 14.9 Å². The van der Waals surface area contributed by atoms with Crippen molar-refractivity contribution in [3.8, 4) is 5.75 Å². The van der Waals surface area contributed by atoms with Gasteiger partial charge in [0.15, 0.2) is 6.10 Å². The first kappa shape index (κ1) is 13.0. The Kier molecular flexibility index (Phi) is 5.32. The first-order chi connectivity index (χ1) is 7.71. The number of benzene rings is 1. The Bertz CT molecular complexity index is 352. The average molecular weight is 287 g/mol. The Morgan fingerprint density at radius 1 is 1.50 bits per heavy atom. The standard InChI is InChI=1S/C12H15BrO3/c1-3-11(12(14)15-2)16-10-6-4-5-9(7-10)8-13/h4-7,11H,3,8H2,1-2H3. The zero-order valence-electron chi connectivity index (χ0n) is 9.40. The Balaban J connectivity index is 2.73. The van der Waals surface area contributed by atoms with Gasteiger partial charge in [-0.25, -0.2) is 4.79 Å². The Morgan fingerprint density at radius 2 is 2.25 bits per heavy atom. The molecule has 0 radical (unpaired) electrons. The van der Waals surface area contributed by atoms with E-state index in [1.807, 2.05) is 31.2 Å². The molecule has 1 rings (SSSR count). The molecule has 0 aliphatic rings. The van der Waals surface area contributed by atoms with E-state index >= 15 is 0 Å². The first-order valence-electron chi connectivity index (χ1n) is 5.10. The number of esters is 1. The lowest BCUT2D eigenvalue weighted by atomic mass is 10.2. The topological polar surface area (TPSA) is 35.5 Å². The molecule has 0 spiro atoms. The SMILES string of the molecule is CCC(Oc1cccc(CBr)c1)C(=O)OC. The molecule has 1 atom stereocenters. The molecule has 16 heavy (non-hydrogen) atoms. The van der Waals surface area contributed by atoms with Gasteiger partial charge >= 0.3 is 5.97 Å². The fraction of sp³-hybridized carbons (Fsp3) is 0.417. The summed E-state index contributed by atoms with van der Waals surface area (Å²) in [5, 5.41) is 0.763. The number of carbonyl (C=O) groups is 1. The van der Waals surface area contributed by atoms with Gasteiger partial charge in [0.25, 0.3) is 0 Å². The molecule has 0 heterocycles. The van der Waals surface area contributed by atoms with Crippen LogP contribution in [0, 0.1) is 0 Å². The lowest BCUT2D eigenvalue weighted by Crippen LogP contribution is -2.27. The second-order valence-electron chi connectivity index (χ2n) is 3.32. The molecule has 3 nitrogen and oxygen atoms in total. The highest BCUT2D eigenvalue weighted by Gasteiger charge is 2.18. The number of rotatable bonds is 5. The summed E-state index contributed by atoms with van der Waals surface area (Å²) >= 11 is 3.37. The van der Waals surface area contributed by atoms with E-state index < -0.39 is 6.10 Å². The average Bonchev–Trinajstić information content (AvgIpc) is 2.35.